The topological polar surface area (TPSA) is 83.7 Å². The van der Waals surface area contributed by atoms with Gasteiger partial charge < -0.3 is 20.6 Å². The summed E-state index contributed by atoms with van der Waals surface area (Å²) in [6.45, 7) is 0.811. The fourth-order valence-electron chi connectivity index (χ4n) is 3.00. The predicted octanol–water partition coefficient (Wildman–Crippen LogP) is -0.504. The van der Waals surface area contributed by atoms with Crippen LogP contribution in [0.1, 0.15) is 20.8 Å². The summed E-state index contributed by atoms with van der Waals surface area (Å²) in [6, 6.07) is 9.67. The molecule has 9 heteroatoms. The molecule has 2 aliphatic rings. The number of aliphatic hydroxyl groups excluding tert-OH is 1. The molecule has 2 amide bonds. The molecule has 2 N–H and O–H groups in total. The normalized spacial score (nSPS) is 17.0. The Kier molecular flexibility index (Phi) is 6.15. The zero-order chi connectivity index (χ0) is 18.3. The molecule has 0 bridgehead atoms. The summed E-state index contributed by atoms with van der Waals surface area (Å²) in [6.07, 6.45) is 1.71. The van der Waals surface area contributed by atoms with Crippen LogP contribution in [0, 0.1) is 0 Å². The van der Waals surface area contributed by atoms with Gasteiger partial charge in [-0.05, 0) is 41.5 Å². The molecule has 0 aliphatic carbocycles. The average molecular weight is 407 g/mol. The van der Waals surface area contributed by atoms with E-state index in [0.717, 1.165) is 20.9 Å². The van der Waals surface area contributed by atoms with Gasteiger partial charge in [-0.15, -0.1) is 11.3 Å². The second kappa shape index (κ2) is 8.22. The van der Waals surface area contributed by atoms with Crippen molar-refractivity contribution in [2.24, 2.45) is 0 Å². The summed E-state index contributed by atoms with van der Waals surface area (Å²) >= 11 is 6.41. The number of aliphatic hydroxyl groups is 1. The maximum absolute atomic E-state index is 12.2. The van der Waals surface area contributed by atoms with Crippen molar-refractivity contribution >= 4 is 46.6 Å². The van der Waals surface area contributed by atoms with Gasteiger partial charge in [0.15, 0.2) is 5.91 Å². The minimum Gasteiger partial charge on any atom is -0.424 e. The fraction of sp³-hybridized carbons (Fsp3) is 0.167. The predicted molar refractivity (Wildman–Crippen MR) is 104 cm³/mol. The monoisotopic (exact) mass is 407 g/mol. The van der Waals surface area contributed by atoms with E-state index >= 15 is 0 Å². The smallest absolute Gasteiger partial charge is 0.424 e. The van der Waals surface area contributed by atoms with Gasteiger partial charge >= 0.3 is 29.6 Å². The third-order valence-corrected chi connectivity index (χ3v) is 5.49. The van der Waals surface area contributed by atoms with Gasteiger partial charge in [-0.1, -0.05) is 18.3 Å². The number of nitrogens with one attached hydrogen (secondary N) is 1. The minimum absolute atomic E-state index is 0. The maximum atomic E-state index is 12.2. The standard InChI is InChI=1S/C18H15N3O3S2.Na/c22-6-5-21-9-11-7-10(1-3-13(11)17(21)24)15-4-2-12(26-15)8-14-16(23)20-18(25)19-14;/h1-4,7-8,22H,5-6,9H2,(H2,19,20,23,24,25);/q;+1/p-1. The molecule has 1 fully saturated rings. The van der Waals surface area contributed by atoms with E-state index < -0.39 is 0 Å². The molecule has 6 nitrogen and oxygen atoms in total. The van der Waals surface area contributed by atoms with Crippen molar-refractivity contribution in [3.8, 4) is 10.4 Å². The molecule has 0 saturated carbocycles. The summed E-state index contributed by atoms with van der Waals surface area (Å²) in [5.74, 6) is -0.327. The Hall–Kier alpha value is -1.55. The number of rotatable bonds is 4. The Balaban J connectivity index is 0.00000210. The Labute approximate surface area is 187 Å². The van der Waals surface area contributed by atoms with Crippen LogP contribution in [0.15, 0.2) is 36.0 Å². The van der Waals surface area contributed by atoms with Crippen molar-refractivity contribution in [3.63, 3.8) is 0 Å². The second-order valence-electron chi connectivity index (χ2n) is 5.92. The van der Waals surface area contributed by atoms with E-state index in [9.17, 15) is 9.59 Å². The zero-order valence-corrected chi connectivity index (χ0v) is 18.2. The first kappa shape index (κ1) is 20.2. The number of benzene rings is 1. The molecule has 2 aliphatic heterocycles. The van der Waals surface area contributed by atoms with E-state index in [2.05, 4.69) is 10.6 Å². The third kappa shape index (κ3) is 4.01. The Morgan fingerprint density at radius 2 is 2.11 bits per heavy atom. The molecular weight excluding hydrogens is 393 g/mol. The van der Waals surface area contributed by atoms with Gasteiger partial charge in [0.1, 0.15) is 0 Å². The summed E-state index contributed by atoms with van der Waals surface area (Å²) in [5.41, 5.74) is 2.98. The molecule has 1 aromatic carbocycles. The number of amides is 2. The van der Waals surface area contributed by atoms with Crippen LogP contribution < -0.4 is 34.9 Å². The van der Waals surface area contributed by atoms with Crippen molar-refractivity contribution in [2.45, 2.75) is 6.54 Å². The van der Waals surface area contributed by atoms with Crippen LogP contribution in [0.5, 0.6) is 0 Å². The van der Waals surface area contributed by atoms with Crippen LogP contribution in [0.25, 0.3) is 21.8 Å². The van der Waals surface area contributed by atoms with Crippen LogP contribution in [0.4, 0.5) is 0 Å². The summed E-state index contributed by atoms with van der Waals surface area (Å²) in [5, 5.41) is 15.7. The number of carbonyl (C=O) groups is 2. The number of β-amino-alcohol motifs (C(OH)–C–C–N with tert-alkyl or cyclic N) is 1. The molecule has 0 atom stereocenters. The Bertz CT molecular complexity index is 971. The number of hydrogen-bond acceptors (Lipinski definition) is 5. The minimum atomic E-state index is -0.287. The maximum Gasteiger partial charge on any atom is 1.00 e. The third-order valence-electron chi connectivity index (χ3n) is 4.22. The summed E-state index contributed by atoms with van der Waals surface area (Å²) in [7, 11) is 0. The van der Waals surface area contributed by atoms with Crippen molar-refractivity contribution in [1.29, 1.82) is 0 Å². The van der Waals surface area contributed by atoms with E-state index in [0.29, 0.717) is 24.4 Å². The molecule has 1 saturated heterocycles. The van der Waals surface area contributed by atoms with E-state index in [1.165, 1.54) is 11.3 Å². The van der Waals surface area contributed by atoms with Crippen molar-refractivity contribution in [2.75, 3.05) is 13.2 Å². The number of carbonyl (C=O) groups excluding carboxylic acids is 2. The number of thiophene rings is 1. The molecule has 2 aromatic rings. The van der Waals surface area contributed by atoms with E-state index in [1.807, 2.05) is 30.3 Å². The van der Waals surface area contributed by atoms with Gasteiger partial charge in [0.2, 0.25) is 0 Å². The van der Waals surface area contributed by atoms with Crippen molar-refractivity contribution in [3.05, 3.63) is 57.3 Å². The molecule has 0 spiro atoms. The molecule has 0 unspecified atom stereocenters. The first-order valence-corrected chi connectivity index (χ1v) is 9.19. The molecular formula is C18H14N3NaO3S2. The second-order valence-corrected chi connectivity index (χ2v) is 7.43. The van der Waals surface area contributed by atoms with Crippen LogP contribution in [-0.4, -0.2) is 40.1 Å². The SMILES string of the molecule is O=C1NC(=S)[N-]/C1=C/c1ccc(-c2ccc3c(c2)CN(CCO)C3=O)s1.[Na+]. The van der Waals surface area contributed by atoms with E-state index in [4.69, 9.17) is 17.3 Å². The fourth-order valence-corrected chi connectivity index (χ4v) is 4.14. The van der Waals surface area contributed by atoms with Gasteiger partial charge in [-0.25, -0.2) is 0 Å². The molecule has 4 rings (SSSR count). The van der Waals surface area contributed by atoms with Gasteiger partial charge in [-0.2, -0.15) is 0 Å². The quantitative estimate of drug-likeness (QED) is 0.407. The first-order valence-electron chi connectivity index (χ1n) is 7.97. The van der Waals surface area contributed by atoms with Gasteiger partial charge in [0.25, 0.3) is 5.91 Å². The van der Waals surface area contributed by atoms with E-state index in [1.54, 1.807) is 11.0 Å². The molecule has 1 aromatic heterocycles. The van der Waals surface area contributed by atoms with Crippen molar-refractivity contribution < 1.29 is 44.3 Å². The number of hydrogen-bond donors (Lipinski definition) is 2. The van der Waals surface area contributed by atoms with Crippen molar-refractivity contribution in [1.82, 2.24) is 10.2 Å². The average Bonchev–Trinajstić information content (AvgIpc) is 3.28. The van der Waals surface area contributed by atoms with Gasteiger partial charge in [0, 0.05) is 39.2 Å². The molecule has 3 heterocycles. The molecule has 132 valence electrons. The first-order chi connectivity index (χ1) is 12.5. The number of fused-ring (bicyclic) bond motifs is 1. The van der Waals surface area contributed by atoms with Crippen LogP contribution in [-0.2, 0) is 11.3 Å². The Morgan fingerprint density at radius 3 is 2.81 bits per heavy atom. The zero-order valence-electron chi connectivity index (χ0n) is 14.6. The van der Waals surface area contributed by atoms with Gasteiger partial charge in [0.05, 0.1) is 6.61 Å². The van der Waals surface area contributed by atoms with Crippen LogP contribution >= 0.6 is 23.6 Å². The summed E-state index contributed by atoms with van der Waals surface area (Å²) in [4.78, 5) is 27.5. The van der Waals surface area contributed by atoms with E-state index in [-0.39, 0.29) is 53.1 Å². The summed E-state index contributed by atoms with van der Waals surface area (Å²) < 4.78 is 0. The Morgan fingerprint density at radius 1 is 1.30 bits per heavy atom. The van der Waals surface area contributed by atoms with Crippen LogP contribution in [0.3, 0.4) is 0 Å². The largest absolute Gasteiger partial charge is 1.00 e. The number of thiocarbonyl (C=S) groups is 1. The van der Waals surface area contributed by atoms with Gasteiger partial charge in [-0.3, -0.25) is 9.59 Å². The number of nitrogens with zero attached hydrogens (tertiary/aromatic N) is 2. The molecule has 0 radical (unpaired) electrons. The molecule has 27 heavy (non-hydrogen) atoms. The van der Waals surface area contributed by atoms with Crippen LogP contribution in [0.2, 0.25) is 0 Å².